The van der Waals surface area contributed by atoms with Gasteiger partial charge in [-0.05, 0) is 24.8 Å². The van der Waals surface area contributed by atoms with Gasteiger partial charge < -0.3 is 10.4 Å². The van der Waals surface area contributed by atoms with E-state index in [1.807, 2.05) is 0 Å². The second kappa shape index (κ2) is 7.22. The molecule has 1 rings (SSSR count). The lowest BCUT2D eigenvalue weighted by Gasteiger charge is -2.21. The van der Waals surface area contributed by atoms with Crippen LogP contribution >= 0.6 is 11.3 Å². The van der Waals surface area contributed by atoms with E-state index < -0.39 is 0 Å². The van der Waals surface area contributed by atoms with Crippen LogP contribution in [0.2, 0.25) is 0 Å². The SMILES string of the molecule is CC(C)c1nc(CNCCCC(C)(C)CO)cs1. The highest BCUT2D eigenvalue weighted by atomic mass is 32.1. The van der Waals surface area contributed by atoms with E-state index in [1.165, 1.54) is 5.01 Å². The number of nitrogens with zero attached hydrogens (tertiary/aromatic N) is 1. The summed E-state index contributed by atoms with van der Waals surface area (Å²) < 4.78 is 0. The minimum Gasteiger partial charge on any atom is -0.396 e. The van der Waals surface area contributed by atoms with Crippen molar-refractivity contribution in [2.45, 2.75) is 53.0 Å². The van der Waals surface area contributed by atoms with Gasteiger partial charge in [-0.3, -0.25) is 0 Å². The summed E-state index contributed by atoms with van der Waals surface area (Å²) in [5.41, 5.74) is 1.19. The monoisotopic (exact) mass is 270 g/mol. The minimum absolute atomic E-state index is 0.0487. The summed E-state index contributed by atoms with van der Waals surface area (Å²) in [5.74, 6) is 0.522. The van der Waals surface area contributed by atoms with Crippen LogP contribution in [0.3, 0.4) is 0 Å². The van der Waals surface area contributed by atoms with E-state index in [2.05, 4.69) is 43.4 Å². The number of rotatable bonds is 8. The highest BCUT2D eigenvalue weighted by Gasteiger charge is 2.15. The molecule has 0 aliphatic carbocycles. The zero-order valence-corrected chi connectivity index (χ0v) is 12.8. The molecule has 0 atom stereocenters. The van der Waals surface area contributed by atoms with Crippen molar-refractivity contribution >= 4 is 11.3 Å². The molecule has 0 amide bonds. The first kappa shape index (κ1) is 15.6. The molecular formula is C14H26N2OS. The van der Waals surface area contributed by atoms with E-state index in [1.54, 1.807) is 11.3 Å². The molecule has 0 unspecified atom stereocenters. The largest absolute Gasteiger partial charge is 0.396 e. The van der Waals surface area contributed by atoms with Gasteiger partial charge in [-0.25, -0.2) is 4.98 Å². The zero-order chi connectivity index (χ0) is 13.6. The van der Waals surface area contributed by atoms with Crippen LogP contribution in [0, 0.1) is 5.41 Å². The molecule has 0 fully saturated rings. The molecule has 0 bridgehead atoms. The second-order valence-corrected chi connectivity index (χ2v) is 6.82. The smallest absolute Gasteiger partial charge is 0.0954 e. The Morgan fingerprint density at radius 2 is 2.17 bits per heavy atom. The number of hydrogen-bond acceptors (Lipinski definition) is 4. The number of nitrogens with one attached hydrogen (secondary N) is 1. The normalized spacial score (nSPS) is 12.3. The molecule has 0 aromatic carbocycles. The van der Waals surface area contributed by atoms with E-state index in [0.717, 1.165) is 31.6 Å². The highest BCUT2D eigenvalue weighted by molar-refractivity contribution is 7.09. The third-order valence-corrected chi connectivity index (χ3v) is 4.20. The van der Waals surface area contributed by atoms with Crippen molar-refractivity contribution in [3.8, 4) is 0 Å². The van der Waals surface area contributed by atoms with Gasteiger partial charge in [-0.1, -0.05) is 27.7 Å². The minimum atomic E-state index is 0.0487. The van der Waals surface area contributed by atoms with Crippen LogP contribution in [0.25, 0.3) is 0 Å². The van der Waals surface area contributed by atoms with Gasteiger partial charge in [-0.2, -0.15) is 0 Å². The molecule has 1 aromatic rings. The average molecular weight is 270 g/mol. The van der Waals surface area contributed by atoms with Crippen LogP contribution in [0.4, 0.5) is 0 Å². The highest BCUT2D eigenvalue weighted by Crippen LogP contribution is 2.21. The van der Waals surface area contributed by atoms with E-state index in [0.29, 0.717) is 5.92 Å². The van der Waals surface area contributed by atoms with Crippen molar-refractivity contribution in [3.63, 3.8) is 0 Å². The standard InChI is InChI=1S/C14H26N2OS/c1-11(2)13-16-12(9-18-13)8-15-7-5-6-14(3,4)10-17/h9,11,15,17H,5-8,10H2,1-4H3. The van der Waals surface area contributed by atoms with Crippen molar-refractivity contribution in [2.75, 3.05) is 13.2 Å². The quantitative estimate of drug-likeness (QED) is 0.713. The fourth-order valence-corrected chi connectivity index (χ4v) is 2.49. The Morgan fingerprint density at radius 3 is 2.72 bits per heavy atom. The topological polar surface area (TPSA) is 45.2 Å². The molecule has 0 aliphatic rings. The van der Waals surface area contributed by atoms with Crippen molar-refractivity contribution < 1.29 is 5.11 Å². The second-order valence-electron chi connectivity index (χ2n) is 5.93. The van der Waals surface area contributed by atoms with Crippen molar-refractivity contribution in [1.82, 2.24) is 10.3 Å². The number of aliphatic hydroxyl groups is 1. The first-order chi connectivity index (χ1) is 8.44. The average Bonchev–Trinajstić information content (AvgIpc) is 2.77. The molecule has 0 radical (unpaired) electrons. The van der Waals surface area contributed by atoms with Crippen molar-refractivity contribution in [2.24, 2.45) is 5.41 Å². The summed E-state index contributed by atoms with van der Waals surface area (Å²) in [4.78, 5) is 4.59. The van der Waals surface area contributed by atoms with Gasteiger partial charge in [0.05, 0.1) is 10.7 Å². The van der Waals surface area contributed by atoms with Crippen LogP contribution in [-0.4, -0.2) is 23.2 Å². The molecule has 2 N–H and O–H groups in total. The van der Waals surface area contributed by atoms with Crippen LogP contribution in [0.1, 0.15) is 57.2 Å². The lowest BCUT2D eigenvalue weighted by molar-refractivity contribution is 0.148. The van der Waals surface area contributed by atoms with Crippen molar-refractivity contribution in [3.05, 3.63) is 16.1 Å². The van der Waals surface area contributed by atoms with Gasteiger partial charge >= 0.3 is 0 Å². The lowest BCUT2D eigenvalue weighted by atomic mass is 9.89. The summed E-state index contributed by atoms with van der Waals surface area (Å²) in [5, 5.41) is 15.9. The maximum absolute atomic E-state index is 9.15. The molecule has 104 valence electrons. The molecule has 4 heteroatoms. The number of thiazole rings is 1. The van der Waals surface area contributed by atoms with Crippen LogP contribution < -0.4 is 5.32 Å². The Hall–Kier alpha value is -0.450. The lowest BCUT2D eigenvalue weighted by Crippen LogP contribution is -2.21. The maximum Gasteiger partial charge on any atom is 0.0954 e. The third kappa shape index (κ3) is 5.46. The van der Waals surface area contributed by atoms with E-state index >= 15 is 0 Å². The first-order valence-corrected chi connectivity index (χ1v) is 7.58. The molecule has 3 nitrogen and oxygen atoms in total. The molecule has 0 spiro atoms. The zero-order valence-electron chi connectivity index (χ0n) is 12.0. The van der Waals surface area contributed by atoms with Gasteiger partial charge in [0.1, 0.15) is 0 Å². The number of aromatic nitrogens is 1. The van der Waals surface area contributed by atoms with Gasteiger partial charge in [0.2, 0.25) is 0 Å². The van der Waals surface area contributed by atoms with Gasteiger partial charge in [0.15, 0.2) is 0 Å². The summed E-state index contributed by atoms with van der Waals surface area (Å²) in [6.45, 7) is 10.6. The fourth-order valence-electron chi connectivity index (χ4n) is 1.66. The molecular weight excluding hydrogens is 244 g/mol. The van der Waals surface area contributed by atoms with Crippen LogP contribution in [-0.2, 0) is 6.54 Å². The number of hydrogen-bond donors (Lipinski definition) is 2. The first-order valence-electron chi connectivity index (χ1n) is 6.70. The Bertz CT molecular complexity index is 347. The Labute approximate surface area is 115 Å². The molecule has 0 saturated carbocycles. The molecule has 0 saturated heterocycles. The van der Waals surface area contributed by atoms with Gasteiger partial charge in [0.25, 0.3) is 0 Å². The molecule has 1 heterocycles. The third-order valence-electron chi connectivity index (χ3n) is 3.00. The van der Waals surface area contributed by atoms with Gasteiger partial charge in [0, 0.05) is 24.4 Å². The summed E-state index contributed by atoms with van der Waals surface area (Å²) in [7, 11) is 0. The molecule has 1 aromatic heterocycles. The van der Waals surface area contributed by atoms with Gasteiger partial charge in [-0.15, -0.1) is 11.3 Å². The van der Waals surface area contributed by atoms with E-state index in [-0.39, 0.29) is 12.0 Å². The van der Waals surface area contributed by atoms with Crippen LogP contribution in [0.15, 0.2) is 5.38 Å². The predicted octanol–water partition coefficient (Wildman–Crippen LogP) is 3.15. The Kier molecular flexibility index (Phi) is 6.26. The van der Waals surface area contributed by atoms with E-state index in [9.17, 15) is 0 Å². The Balaban J connectivity index is 2.18. The summed E-state index contributed by atoms with van der Waals surface area (Å²) in [6.07, 6.45) is 2.14. The summed E-state index contributed by atoms with van der Waals surface area (Å²) >= 11 is 1.75. The maximum atomic E-state index is 9.15. The van der Waals surface area contributed by atoms with E-state index in [4.69, 9.17) is 5.11 Å². The predicted molar refractivity (Wildman–Crippen MR) is 78.0 cm³/mol. The molecule has 18 heavy (non-hydrogen) atoms. The number of aliphatic hydroxyl groups excluding tert-OH is 1. The molecule has 0 aliphatic heterocycles. The summed E-state index contributed by atoms with van der Waals surface area (Å²) in [6, 6.07) is 0. The van der Waals surface area contributed by atoms with Crippen molar-refractivity contribution in [1.29, 1.82) is 0 Å². The van der Waals surface area contributed by atoms with Crippen LogP contribution in [0.5, 0.6) is 0 Å². The Morgan fingerprint density at radius 1 is 1.44 bits per heavy atom. The fraction of sp³-hybridized carbons (Fsp3) is 0.786.